The van der Waals surface area contributed by atoms with Gasteiger partial charge in [0, 0.05) is 12.8 Å². The molecule has 0 bridgehead atoms. The van der Waals surface area contributed by atoms with Crippen LogP contribution in [0.4, 0.5) is 0 Å². The van der Waals surface area contributed by atoms with E-state index in [1.165, 1.54) is 57.8 Å². The smallest absolute Gasteiger partial charge is 0.306 e. The quantitative estimate of drug-likeness (QED) is 0.0216. The van der Waals surface area contributed by atoms with Crippen LogP contribution in [0.25, 0.3) is 0 Å². The van der Waals surface area contributed by atoms with Crippen LogP contribution in [0.2, 0.25) is 0 Å². The van der Waals surface area contributed by atoms with Crippen LogP contribution in [0.3, 0.4) is 0 Å². The van der Waals surface area contributed by atoms with Crippen LogP contribution < -0.4 is 0 Å². The zero-order chi connectivity index (χ0) is 46.1. The molecule has 368 valence electrons. The van der Waals surface area contributed by atoms with Gasteiger partial charge in [-0.2, -0.15) is 0 Å². The van der Waals surface area contributed by atoms with Crippen molar-refractivity contribution in [2.75, 3.05) is 26.4 Å². The third kappa shape index (κ3) is 24.9. The SMILES string of the molecule is CCCC/C=C\CCCCCCCC(=O)OCC(COC1OC(COC2OC(CO)C(O)C(O)C2O)C(O)C(O)C1O)OC(=O)CCCCCCC/C=C\CCCCCCCCC. The minimum absolute atomic E-state index is 0.155. The molecule has 0 saturated carbocycles. The van der Waals surface area contributed by atoms with Crippen LogP contribution in [0.1, 0.15) is 174 Å². The summed E-state index contributed by atoms with van der Waals surface area (Å²) in [7, 11) is 0. The van der Waals surface area contributed by atoms with E-state index in [0.717, 1.165) is 77.0 Å². The van der Waals surface area contributed by atoms with Gasteiger partial charge in [0.25, 0.3) is 0 Å². The fourth-order valence-corrected chi connectivity index (χ4v) is 7.54. The van der Waals surface area contributed by atoms with E-state index in [9.17, 15) is 45.3 Å². The first-order valence-electron chi connectivity index (χ1n) is 24.4. The van der Waals surface area contributed by atoms with Gasteiger partial charge in [0.15, 0.2) is 18.7 Å². The van der Waals surface area contributed by atoms with E-state index in [1.807, 2.05) is 0 Å². The highest BCUT2D eigenvalue weighted by Crippen LogP contribution is 2.26. The van der Waals surface area contributed by atoms with Crippen molar-refractivity contribution in [1.82, 2.24) is 0 Å². The number of carbonyl (C=O) groups excluding carboxylic acids is 2. The second kappa shape index (κ2) is 36.1. The number of unbranched alkanes of at least 4 members (excludes halogenated alkanes) is 19. The third-order valence-electron chi connectivity index (χ3n) is 11.7. The molecule has 7 N–H and O–H groups in total. The number of ether oxygens (including phenoxy) is 6. The van der Waals surface area contributed by atoms with Crippen LogP contribution >= 0.6 is 0 Å². The molecule has 0 amide bonds. The van der Waals surface area contributed by atoms with Gasteiger partial charge in [-0.25, -0.2) is 0 Å². The van der Waals surface area contributed by atoms with Gasteiger partial charge < -0.3 is 64.2 Å². The van der Waals surface area contributed by atoms with E-state index in [-0.39, 0.29) is 26.1 Å². The number of hydrogen-bond donors (Lipinski definition) is 7. The molecule has 0 radical (unpaired) electrons. The van der Waals surface area contributed by atoms with Crippen molar-refractivity contribution in [1.29, 1.82) is 0 Å². The number of aliphatic hydroxyl groups excluding tert-OH is 7. The van der Waals surface area contributed by atoms with Crippen molar-refractivity contribution in [2.24, 2.45) is 0 Å². The van der Waals surface area contributed by atoms with Gasteiger partial charge in [0.05, 0.1) is 19.8 Å². The predicted molar refractivity (Wildman–Crippen MR) is 238 cm³/mol. The van der Waals surface area contributed by atoms with Gasteiger partial charge in [-0.3, -0.25) is 9.59 Å². The molecule has 15 heteroatoms. The Labute approximate surface area is 377 Å². The van der Waals surface area contributed by atoms with Crippen molar-refractivity contribution >= 4 is 11.9 Å². The molecule has 0 aromatic heterocycles. The van der Waals surface area contributed by atoms with Crippen molar-refractivity contribution < 1.29 is 73.8 Å². The highest BCUT2D eigenvalue weighted by atomic mass is 16.7. The molecule has 2 heterocycles. The summed E-state index contributed by atoms with van der Waals surface area (Å²) in [5, 5.41) is 71.9. The topological polar surface area (TPSA) is 231 Å². The predicted octanol–water partition coefficient (Wildman–Crippen LogP) is 5.99. The summed E-state index contributed by atoms with van der Waals surface area (Å²) >= 11 is 0. The highest BCUT2D eigenvalue weighted by Gasteiger charge is 2.47. The summed E-state index contributed by atoms with van der Waals surface area (Å²) in [5.74, 6) is -0.944. The first-order chi connectivity index (χ1) is 30.5. The molecule has 0 aliphatic carbocycles. The largest absolute Gasteiger partial charge is 0.462 e. The van der Waals surface area contributed by atoms with Crippen LogP contribution in [-0.2, 0) is 38.0 Å². The van der Waals surface area contributed by atoms with E-state index >= 15 is 0 Å². The highest BCUT2D eigenvalue weighted by molar-refractivity contribution is 5.70. The summed E-state index contributed by atoms with van der Waals surface area (Å²) < 4.78 is 33.5. The lowest BCUT2D eigenvalue weighted by atomic mass is 9.98. The summed E-state index contributed by atoms with van der Waals surface area (Å²) in [6.45, 7) is 2.52. The van der Waals surface area contributed by atoms with Crippen molar-refractivity contribution in [3.63, 3.8) is 0 Å². The first-order valence-corrected chi connectivity index (χ1v) is 24.4. The number of hydrogen-bond acceptors (Lipinski definition) is 15. The second-order valence-electron chi connectivity index (χ2n) is 17.3. The molecular formula is C48H86O15. The van der Waals surface area contributed by atoms with Gasteiger partial charge in [-0.1, -0.05) is 128 Å². The maximum absolute atomic E-state index is 13.0. The third-order valence-corrected chi connectivity index (χ3v) is 11.7. The van der Waals surface area contributed by atoms with Crippen LogP contribution in [0.5, 0.6) is 0 Å². The Bertz CT molecular complexity index is 1200. The molecule has 2 fully saturated rings. The molecular weight excluding hydrogens is 817 g/mol. The Morgan fingerprint density at radius 1 is 0.492 bits per heavy atom. The average molecular weight is 903 g/mol. The molecule has 2 aliphatic rings. The van der Waals surface area contributed by atoms with Gasteiger partial charge >= 0.3 is 11.9 Å². The van der Waals surface area contributed by atoms with Crippen molar-refractivity contribution in [3.8, 4) is 0 Å². The maximum Gasteiger partial charge on any atom is 0.306 e. The van der Waals surface area contributed by atoms with Gasteiger partial charge in [-0.05, 0) is 57.8 Å². The number of esters is 2. The zero-order valence-electron chi connectivity index (χ0n) is 38.6. The molecule has 2 aliphatic heterocycles. The average Bonchev–Trinajstić information content (AvgIpc) is 3.28. The fourth-order valence-electron chi connectivity index (χ4n) is 7.54. The molecule has 63 heavy (non-hydrogen) atoms. The molecule has 11 unspecified atom stereocenters. The molecule has 15 nitrogen and oxygen atoms in total. The first kappa shape index (κ1) is 57.1. The lowest BCUT2D eigenvalue weighted by Gasteiger charge is -2.42. The van der Waals surface area contributed by atoms with E-state index in [4.69, 9.17) is 28.4 Å². The van der Waals surface area contributed by atoms with Crippen molar-refractivity contribution in [3.05, 3.63) is 24.3 Å². The lowest BCUT2D eigenvalue weighted by Crippen LogP contribution is -2.61. The monoisotopic (exact) mass is 903 g/mol. The summed E-state index contributed by atoms with van der Waals surface area (Å²) in [6, 6.07) is 0. The fraction of sp³-hybridized carbons (Fsp3) is 0.875. The van der Waals surface area contributed by atoms with Crippen molar-refractivity contribution in [2.45, 2.75) is 242 Å². The standard InChI is InChI=1S/C48H86O15/c1-3-5-7-9-11-13-15-16-17-18-19-21-23-25-27-29-31-40(51)61-36(33-58-39(50)30-28-26-24-22-20-14-12-10-8-6-4-2)34-59-47-46(57)44(55)42(53)38(63-47)35-60-48-45(56)43(54)41(52)37(32-49)62-48/h10,12,17-18,36-38,41-49,52-57H,3-9,11,13-16,19-35H2,1-2H3/b12-10-,18-17-. The van der Waals surface area contributed by atoms with Crippen LogP contribution in [0, 0.1) is 0 Å². The molecule has 0 spiro atoms. The summed E-state index contributed by atoms with van der Waals surface area (Å²) in [6.07, 6.45) is 17.9. The maximum atomic E-state index is 13.0. The summed E-state index contributed by atoms with van der Waals surface area (Å²) in [4.78, 5) is 25.6. The molecule has 0 aromatic carbocycles. The molecule has 0 aromatic rings. The molecule has 2 rings (SSSR count). The molecule has 11 atom stereocenters. The van der Waals surface area contributed by atoms with Crippen LogP contribution in [0.15, 0.2) is 24.3 Å². The normalized spacial score (nSPS) is 27.0. The Kier molecular flexibility index (Phi) is 32.8. The number of allylic oxidation sites excluding steroid dienone is 4. The number of aliphatic hydroxyl groups is 7. The molecule has 2 saturated heterocycles. The zero-order valence-corrected chi connectivity index (χ0v) is 38.6. The summed E-state index contributed by atoms with van der Waals surface area (Å²) in [5.41, 5.74) is 0. The van der Waals surface area contributed by atoms with Gasteiger partial charge in [0.1, 0.15) is 55.4 Å². The van der Waals surface area contributed by atoms with E-state index < -0.39 is 92.7 Å². The second-order valence-corrected chi connectivity index (χ2v) is 17.3. The Hall–Kier alpha value is -2.02. The number of carbonyl (C=O) groups is 2. The Morgan fingerprint density at radius 2 is 0.921 bits per heavy atom. The van der Waals surface area contributed by atoms with Gasteiger partial charge in [0.2, 0.25) is 0 Å². The van der Waals surface area contributed by atoms with Gasteiger partial charge in [-0.15, -0.1) is 0 Å². The van der Waals surface area contributed by atoms with E-state index in [2.05, 4.69) is 38.2 Å². The van der Waals surface area contributed by atoms with Crippen LogP contribution in [-0.4, -0.2) is 142 Å². The minimum Gasteiger partial charge on any atom is -0.462 e. The lowest BCUT2D eigenvalue weighted by molar-refractivity contribution is -0.332. The minimum atomic E-state index is -1.76. The Morgan fingerprint density at radius 3 is 1.44 bits per heavy atom. The Balaban J connectivity index is 1.83. The van der Waals surface area contributed by atoms with E-state index in [1.54, 1.807) is 0 Å². The van der Waals surface area contributed by atoms with E-state index in [0.29, 0.717) is 12.8 Å². The number of rotatable bonds is 37.